The molecule has 3 aromatic rings. The minimum Gasteiger partial charge on any atom is -0.493 e. The van der Waals surface area contributed by atoms with Crippen LogP contribution in [0, 0.1) is 0 Å². The maximum atomic E-state index is 12.8. The van der Waals surface area contributed by atoms with Crippen molar-refractivity contribution in [3.63, 3.8) is 0 Å². The molecule has 188 valence electrons. The number of hydrazine groups is 1. The number of alkyl halides is 3. The minimum absolute atomic E-state index is 0.0404. The van der Waals surface area contributed by atoms with Crippen LogP contribution in [0.1, 0.15) is 42.2 Å². The number of amides is 1. The molecule has 0 radical (unpaired) electrons. The van der Waals surface area contributed by atoms with E-state index in [-0.39, 0.29) is 18.6 Å². The highest BCUT2D eigenvalue weighted by atomic mass is 19.4. The topological polar surface area (TPSA) is 90.8 Å². The highest BCUT2D eigenvalue weighted by Gasteiger charge is 2.30. The molecule has 6 nitrogen and oxygen atoms in total. The molecular weight excluding hydrogens is 459 g/mol. The van der Waals surface area contributed by atoms with Crippen LogP contribution in [0.15, 0.2) is 78.9 Å². The van der Waals surface area contributed by atoms with Crippen molar-refractivity contribution < 1.29 is 27.4 Å². The second-order valence-corrected chi connectivity index (χ2v) is 7.73. The summed E-state index contributed by atoms with van der Waals surface area (Å²) in [6.07, 6.45) is -3.98. The van der Waals surface area contributed by atoms with Gasteiger partial charge in [0.1, 0.15) is 17.6 Å². The number of ether oxygens (including phenoxy) is 2. The van der Waals surface area contributed by atoms with Crippen LogP contribution in [0.25, 0.3) is 0 Å². The van der Waals surface area contributed by atoms with E-state index >= 15 is 0 Å². The quantitative estimate of drug-likeness (QED) is 0.243. The molecule has 3 rings (SSSR count). The molecule has 9 heteroatoms. The first-order chi connectivity index (χ1) is 16.7. The van der Waals surface area contributed by atoms with Gasteiger partial charge in [-0.05, 0) is 54.4 Å². The minimum atomic E-state index is -4.38. The average molecular weight is 490 g/mol. The Morgan fingerprint density at radius 1 is 0.943 bits per heavy atom. The number of nitrogens with zero attached hydrogens (tertiary/aromatic N) is 1. The summed E-state index contributed by atoms with van der Waals surface area (Å²) >= 11 is 0. The van der Waals surface area contributed by atoms with Crippen LogP contribution in [0.5, 0.6) is 11.5 Å². The summed E-state index contributed by atoms with van der Waals surface area (Å²) in [5, 5.41) is 1.63. The van der Waals surface area contributed by atoms with Crippen LogP contribution in [0.3, 0.4) is 0 Å². The Labute approximate surface area is 203 Å². The second-order valence-electron chi connectivity index (χ2n) is 7.73. The number of nitrogens with two attached hydrogens (primary N) is 2. The van der Waals surface area contributed by atoms with Gasteiger partial charge >= 0.3 is 6.18 Å². The first-order valence-corrected chi connectivity index (χ1v) is 10.9. The third-order valence-corrected chi connectivity index (χ3v) is 5.23. The summed E-state index contributed by atoms with van der Waals surface area (Å²) < 4.78 is 50.5. The number of carbonyl (C=O) groups excluding carboxylic acids is 1. The van der Waals surface area contributed by atoms with Crippen molar-refractivity contribution in [1.82, 2.24) is 5.01 Å². The zero-order chi connectivity index (χ0) is 25.8. The van der Waals surface area contributed by atoms with Crippen molar-refractivity contribution in [1.29, 1.82) is 0 Å². The van der Waals surface area contributed by atoms with E-state index in [1.165, 1.54) is 12.1 Å². The molecule has 0 saturated carbocycles. The number of primary amides is 1. The van der Waals surface area contributed by atoms with E-state index in [1.807, 2.05) is 61.5 Å². The van der Waals surface area contributed by atoms with Crippen molar-refractivity contribution in [3.05, 3.63) is 95.6 Å². The first-order valence-electron chi connectivity index (χ1n) is 10.9. The van der Waals surface area contributed by atoms with Gasteiger partial charge in [0.25, 0.3) is 0 Å². The van der Waals surface area contributed by atoms with Gasteiger partial charge in [-0.2, -0.15) is 13.2 Å². The summed E-state index contributed by atoms with van der Waals surface area (Å²) in [7, 11) is 1.81. The van der Waals surface area contributed by atoms with Gasteiger partial charge < -0.3 is 15.2 Å². The lowest BCUT2D eigenvalue weighted by atomic mass is 10.1. The fraction of sp³-hybridized carbons (Fsp3) is 0.269. The van der Waals surface area contributed by atoms with E-state index in [0.29, 0.717) is 18.8 Å². The van der Waals surface area contributed by atoms with Gasteiger partial charge in [-0.25, -0.2) is 5.01 Å². The number of halogens is 3. The highest BCUT2D eigenvalue weighted by molar-refractivity contribution is 5.42. The normalized spacial score (nSPS) is 12.8. The van der Waals surface area contributed by atoms with E-state index in [1.54, 1.807) is 12.1 Å². The maximum absolute atomic E-state index is 12.8. The number of benzene rings is 3. The summed E-state index contributed by atoms with van der Waals surface area (Å²) in [6, 6.07) is 22.0. The molecule has 35 heavy (non-hydrogen) atoms. The molecule has 2 unspecified atom stereocenters. The molecule has 0 aromatic heterocycles. The summed E-state index contributed by atoms with van der Waals surface area (Å²) in [6.45, 7) is 2.37. The maximum Gasteiger partial charge on any atom is 0.416 e. The van der Waals surface area contributed by atoms with E-state index < -0.39 is 11.7 Å². The molecule has 2 atom stereocenters. The Hall–Kier alpha value is -3.56. The molecule has 3 aromatic carbocycles. The van der Waals surface area contributed by atoms with Crippen LogP contribution in [0.4, 0.5) is 13.2 Å². The number of hydrogen-bond acceptors (Lipinski definition) is 5. The molecule has 0 bridgehead atoms. The van der Waals surface area contributed by atoms with E-state index in [0.717, 1.165) is 29.0 Å². The fourth-order valence-electron chi connectivity index (χ4n) is 3.23. The molecule has 4 N–H and O–H groups in total. The fourth-order valence-corrected chi connectivity index (χ4v) is 3.23. The van der Waals surface area contributed by atoms with Crippen molar-refractivity contribution in [2.45, 2.75) is 31.7 Å². The number of rotatable bonds is 9. The second kappa shape index (κ2) is 13.4. The van der Waals surface area contributed by atoms with Gasteiger partial charge in [0, 0.05) is 19.5 Å². The van der Waals surface area contributed by atoms with Crippen molar-refractivity contribution in [2.24, 2.45) is 11.6 Å². The van der Waals surface area contributed by atoms with E-state index in [4.69, 9.17) is 20.1 Å². The Bertz CT molecular complexity index is 1030. The molecule has 1 amide bonds. The van der Waals surface area contributed by atoms with Crippen LogP contribution in [-0.2, 0) is 11.0 Å². The van der Waals surface area contributed by atoms with E-state index in [2.05, 4.69) is 5.73 Å². The molecule has 0 aliphatic rings. The Balaban J connectivity index is 0.00000137. The molecule has 0 spiro atoms. The SMILES string of the molecule is CC(c1cccc(OCCC(Oc2ccc(C(F)(F)F)cc2)c2ccccc2)c1)N(C)N.NC=O. The molecular formula is C26H30F3N3O3. The van der Waals surface area contributed by atoms with Gasteiger partial charge in [0.2, 0.25) is 6.41 Å². The summed E-state index contributed by atoms with van der Waals surface area (Å²) in [4.78, 5) is 8.58. The van der Waals surface area contributed by atoms with Gasteiger partial charge in [-0.3, -0.25) is 10.6 Å². The highest BCUT2D eigenvalue weighted by Crippen LogP contribution is 2.32. The lowest BCUT2D eigenvalue weighted by Gasteiger charge is -2.21. The summed E-state index contributed by atoms with van der Waals surface area (Å²) in [5.41, 5.74) is 5.41. The largest absolute Gasteiger partial charge is 0.493 e. The Kier molecular flexibility index (Phi) is 10.6. The van der Waals surface area contributed by atoms with E-state index in [9.17, 15) is 13.2 Å². The van der Waals surface area contributed by atoms with Gasteiger partial charge in [-0.15, -0.1) is 0 Å². The van der Waals surface area contributed by atoms with Crippen LogP contribution >= 0.6 is 0 Å². The molecule has 0 fully saturated rings. The molecule has 0 saturated heterocycles. The van der Waals surface area contributed by atoms with Crippen molar-refractivity contribution in [3.8, 4) is 11.5 Å². The molecule has 0 heterocycles. The third-order valence-electron chi connectivity index (χ3n) is 5.23. The Morgan fingerprint density at radius 3 is 2.11 bits per heavy atom. The Morgan fingerprint density at radius 2 is 1.54 bits per heavy atom. The van der Waals surface area contributed by atoms with Crippen molar-refractivity contribution >= 4 is 6.41 Å². The van der Waals surface area contributed by atoms with Crippen LogP contribution in [0.2, 0.25) is 0 Å². The first kappa shape index (κ1) is 27.7. The lowest BCUT2D eigenvalue weighted by Crippen LogP contribution is -2.29. The lowest BCUT2D eigenvalue weighted by molar-refractivity contribution is -0.137. The number of hydrogen-bond donors (Lipinski definition) is 2. The zero-order valence-corrected chi connectivity index (χ0v) is 19.6. The molecule has 0 aliphatic heterocycles. The predicted octanol–water partition coefficient (Wildman–Crippen LogP) is 5.26. The number of carbonyl (C=O) groups is 1. The zero-order valence-electron chi connectivity index (χ0n) is 19.6. The van der Waals surface area contributed by atoms with Gasteiger partial charge in [0.15, 0.2) is 0 Å². The van der Waals surface area contributed by atoms with Crippen LogP contribution < -0.4 is 21.1 Å². The standard InChI is InChI=1S/C25H27F3N2O2.CH3NO/c1-18(30(2)29)20-9-6-10-23(17-20)31-16-15-24(19-7-4-3-5-8-19)32-22-13-11-21(12-14-22)25(26,27)28;2-1-3/h3-14,17-18,24H,15-16,29H2,1-2H3;1H,(H2,2,3). The van der Waals surface area contributed by atoms with Crippen molar-refractivity contribution in [2.75, 3.05) is 13.7 Å². The monoisotopic (exact) mass is 489 g/mol. The van der Waals surface area contributed by atoms with Crippen LogP contribution in [-0.4, -0.2) is 25.1 Å². The smallest absolute Gasteiger partial charge is 0.416 e. The average Bonchev–Trinajstić information content (AvgIpc) is 2.84. The van der Waals surface area contributed by atoms with Gasteiger partial charge in [-0.1, -0.05) is 42.5 Å². The third kappa shape index (κ3) is 8.95. The summed E-state index contributed by atoms with van der Waals surface area (Å²) in [5.74, 6) is 6.93. The molecule has 0 aliphatic carbocycles. The van der Waals surface area contributed by atoms with Gasteiger partial charge in [0.05, 0.1) is 12.2 Å². The predicted molar refractivity (Wildman–Crippen MR) is 128 cm³/mol.